The number of ether oxygens (including phenoxy) is 1. The number of hydrogen-bond donors (Lipinski definition) is 1. The maximum atomic E-state index is 12.6. The predicted molar refractivity (Wildman–Crippen MR) is 105 cm³/mol. The van der Waals surface area contributed by atoms with Crippen LogP contribution in [0, 0.1) is 0 Å². The number of carbonyl (C=O) groups is 1. The average molecular weight is 363 g/mol. The molecule has 6 heteroatoms. The lowest BCUT2D eigenvalue weighted by Crippen LogP contribution is -2.40. The molecule has 27 heavy (non-hydrogen) atoms. The van der Waals surface area contributed by atoms with Gasteiger partial charge < -0.3 is 19.2 Å². The van der Waals surface area contributed by atoms with Gasteiger partial charge in [-0.05, 0) is 23.8 Å². The second-order valence-corrected chi connectivity index (χ2v) is 6.54. The van der Waals surface area contributed by atoms with Gasteiger partial charge in [-0.1, -0.05) is 18.2 Å². The number of H-pyrrole nitrogens is 1. The first-order chi connectivity index (χ1) is 13.2. The van der Waals surface area contributed by atoms with Crippen LogP contribution in [-0.4, -0.2) is 46.7 Å². The molecule has 0 bridgehead atoms. The van der Waals surface area contributed by atoms with Gasteiger partial charge in [0.25, 0.3) is 11.5 Å². The molecule has 1 aliphatic rings. The smallest absolute Gasteiger partial charge is 0.275 e. The van der Waals surface area contributed by atoms with Crippen molar-refractivity contribution in [3.63, 3.8) is 0 Å². The van der Waals surface area contributed by atoms with Gasteiger partial charge in [-0.25, -0.2) is 0 Å². The Balaban J connectivity index is 1.71. The molecule has 1 aromatic carbocycles. The first-order valence-corrected chi connectivity index (χ1v) is 8.98. The number of nitrogens with one attached hydrogen (secondary N) is 1. The molecular formula is C21H21N3O3. The number of rotatable bonds is 4. The minimum atomic E-state index is -0.0715. The van der Waals surface area contributed by atoms with Gasteiger partial charge in [-0.15, -0.1) is 6.58 Å². The molecule has 3 aromatic rings. The monoisotopic (exact) mass is 363 g/mol. The van der Waals surface area contributed by atoms with Crippen LogP contribution in [0.2, 0.25) is 0 Å². The van der Waals surface area contributed by atoms with Crippen molar-refractivity contribution in [3.8, 4) is 11.1 Å². The van der Waals surface area contributed by atoms with E-state index < -0.39 is 0 Å². The molecule has 0 radical (unpaired) electrons. The highest BCUT2D eigenvalue weighted by Crippen LogP contribution is 2.27. The van der Waals surface area contributed by atoms with Gasteiger partial charge in [-0.2, -0.15) is 0 Å². The molecule has 4 rings (SSSR count). The van der Waals surface area contributed by atoms with E-state index in [1.807, 2.05) is 41.4 Å². The maximum Gasteiger partial charge on any atom is 0.275 e. The molecule has 1 amide bonds. The second kappa shape index (κ2) is 7.25. The van der Waals surface area contributed by atoms with Crippen molar-refractivity contribution in [3.05, 3.63) is 71.3 Å². The molecule has 1 fully saturated rings. The van der Waals surface area contributed by atoms with Crippen molar-refractivity contribution in [2.45, 2.75) is 6.54 Å². The largest absolute Gasteiger partial charge is 0.378 e. The van der Waals surface area contributed by atoms with Crippen molar-refractivity contribution in [2.75, 3.05) is 26.3 Å². The van der Waals surface area contributed by atoms with Gasteiger partial charge in [0, 0.05) is 48.5 Å². The van der Waals surface area contributed by atoms with Crippen LogP contribution in [0.4, 0.5) is 0 Å². The molecule has 0 unspecified atom stereocenters. The summed E-state index contributed by atoms with van der Waals surface area (Å²) in [4.78, 5) is 30.0. The number of allylic oxidation sites excluding steroid dienone is 1. The van der Waals surface area contributed by atoms with E-state index in [2.05, 4.69) is 11.6 Å². The normalized spacial score (nSPS) is 14.4. The van der Waals surface area contributed by atoms with Crippen molar-refractivity contribution in [2.24, 2.45) is 0 Å². The van der Waals surface area contributed by atoms with E-state index in [0.29, 0.717) is 43.9 Å². The predicted octanol–water partition coefficient (Wildman–Crippen LogP) is 2.66. The summed E-state index contributed by atoms with van der Waals surface area (Å²) in [5.41, 5.74) is 3.06. The number of fused-ring (bicyclic) bond motifs is 1. The Kier molecular flexibility index (Phi) is 4.64. The van der Waals surface area contributed by atoms with E-state index in [1.165, 1.54) is 0 Å². The van der Waals surface area contributed by atoms with Crippen molar-refractivity contribution in [1.82, 2.24) is 14.5 Å². The van der Waals surface area contributed by atoms with Gasteiger partial charge in [0.1, 0.15) is 5.52 Å². The van der Waals surface area contributed by atoms with E-state index in [1.54, 1.807) is 16.8 Å². The third-order valence-corrected chi connectivity index (χ3v) is 4.86. The van der Waals surface area contributed by atoms with Crippen LogP contribution >= 0.6 is 0 Å². The Morgan fingerprint density at radius 2 is 1.93 bits per heavy atom. The van der Waals surface area contributed by atoms with Crippen LogP contribution in [0.1, 0.15) is 10.4 Å². The van der Waals surface area contributed by atoms with Crippen molar-refractivity contribution >= 4 is 16.8 Å². The zero-order chi connectivity index (χ0) is 18.8. The van der Waals surface area contributed by atoms with Gasteiger partial charge in [-0.3, -0.25) is 9.59 Å². The van der Waals surface area contributed by atoms with Crippen LogP contribution in [0.15, 0.2) is 60.2 Å². The summed E-state index contributed by atoms with van der Waals surface area (Å²) in [6, 6.07) is 9.44. The standard InChI is InChI=1S/C21H21N3O3/c1-2-9-24-14-18(17-7-8-22-19(17)21(24)26)15-3-5-16(6-4-15)20(25)23-10-12-27-13-11-23/h2-8,14,22H,1,9-13H2. The summed E-state index contributed by atoms with van der Waals surface area (Å²) in [7, 11) is 0. The number of aromatic nitrogens is 2. The summed E-state index contributed by atoms with van der Waals surface area (Å²) in [6.45, 7) is 6.57. The van der Waals surface area contributed by atoms with Crippen molar-refractivity contribution in [1.29, 1.82) is 0 Å². The molecule has 0 aliphatic carbocycles. The highest BCUT2D eigenvalue weighted by Gasteiger charge is 2.18. The van der Waals surface area contributed by atoms with Crippen LogP contribution in [-0.2, 0) is 11.3 Å². The Bertz CT molecular complexity index is 1040. The Morgan fingerprint density at radius 3 is 2.63 bits per heavy atom. The second-order valence-electron chi connectivity index (χ2n) is 6.54. The van der Waals surface area contributed by atoms with Crippen LogP contribution in [0.25, 0.3) is 22.0 Å². The van der Waals surface area contributed by atoms with Crippen molar-refractivity contribution < 1.29 is 9.53 Å². The number of pyridine rings is 1. The van der Waals surface area contributed by atoms with E-state index in [9.17, 15) is 9.59 Å². The number of amides is 1. The van der Waals surface area contributed by atoms with E-state index in [4.69, 9.17) is 4.74 Å². The third-order valence-electron chi connectivity index (χ3n) is 4.86. The quantitative estimate of drug-likeness (QED) is 0.725. The molecule has 1 saturated heterocycles. The topological polar surface area (TPSA) is 67.3 Å². The number of aromatic amines is 1. The highest BCUT2D eigenvalue weighted by molar-refractivity contribution is 5.97. The fraction of sp³-hybridized carbons (Fsp3) is 0.238. The Labute approximate surface area is 156 Å². The lowest BCUT2D eigenvalue weighted by atomic mass is 10.0. The fourth-order valence-electron chi connectivity index (χ4n) is 3.44. The molecule has 6 nitrogen and oxygen atoms in total. The summed E-state index contributed by atoms with van der Waals surface area (Å²) >= 11 is 0. The molecule has 3 heterocycles. The number of carbonyl (C=O) groups excluding carboxylic acids is 1. The van der Waals surface area contributed by atoms with E-state index in [0.717, 1.165) is 16.5 Å². The van der Waals surface area contributed by atoms with Gasteiger partial charge in [0.05, 0.1) is 13.2 Å². The van der Waals surface area contributed by atoms with Crippen LogP contribution in [0.5, 0.6) is 0 Å². The number of morpholine rings is 1. The summed E-state index contributed by atoms with van der Waals surface area (Å²) in [5.74, 6) is 0.0215. The zero-order valence-corrected chi connectivity index (χ0v) is 15.0. The van der Waals surface area contributed by atoms with Crippen LogP contribution < -0.4 is 5.56 Å². The molecular weight excluding hydrogens is 342 g/mol. The lowest BCUT2D eigenvalue weighted by Gasteiger charge is -2.26. The molecule has 1 aliphatic heterocycles. The molecule has 0 saturated carbocycles. The third kappa shape index (κ3) is 3.19. The minimum Gasteiger partial charge on any atom is -0.378 e. The van der Waals surface area contributed by atoms with Gasteiger partial charge >= 0.3 is 0 Å². The first-order valence-electron chi connectivity index (χ1n) is 8.98. The molecule has 1 N–H and O–H groups in total. The summed E-state index contributed by atoms with van der Waals surface area (Å²) in [6.07, 6.45) is 5.31. The van der Waals surface area contributed by atoms with Crippen LogP contribution in [0.3, 0.4) is 0 Å². The Hall–Kier alpha value is -3.12. The highest BCUT2D eigenvalue weighted by atomic mass is 16.5. The first kappa shape index (κ1) is 17.3. The summed E-state index contributed by atoms with van der Waals surface area (Å²) < 4.78 is 6.94. The molecule has 138 valence electrons. The molecule has 0 atom stereocenters. The average Bonchev–Trinajstić information content (AvgIpc) is 3.21. The van der Waals surface area contributed by atoms with Gasteiger partial charge in [0.15, 0.2) is 0 Å². The van der Waals surface area contributed by atoms with E-state index >= 15 is 0 Å². The SMILES string of the molecule is C=CCn1cc(-c2ccc(C(=O)N3CCOCC3)cc2)c2cc[nH]c2c1=O. The van der Waals surface area contributed by atoms with Gasteiger partial charge in [0.2, 0.25) is 0 Å². The Morgan fingerprint density at radius 1 is 1.19 bits per heavy atom. The maximum absolute atomic E-state index is 12.6. The molecule has 0 spiro atoms. The lowest BCUT2D eigenvalue weighted by molar-refractivity contribution is 0.0303. The number of benzene rings is 1. The zero-order valence-electron chi connectivity index (χ0n) is 15.0. The minimum absolute atomic E-state index is 0.0215. The fourth-order valence-corrected chi connectivity index (χ4v) is 3.44. The number of hydrogen-bond acceptors (Lipinski definition) is 3. The molecule has 2 aromatic heterocycles. The number of nitrogens with zero attached hydrogens (tertiary/aromatic N) is 2. The summed E-state index contributed by atoms with van der Waals surface area (Å²) in [5, 5.41) is 0.868. The van der Waals surface area contributed by atoms with E-state index in [-0.39, 0.29) is 11.5 Å².